The van der Waals surface area contributed by atoms with Crippen LogP contribution >= 0.6 is 0 Å². The Bertz CT molecular complexity index is 277. The fourth-order valence-electron chi connectivity index (χ4n) is 1.61. The van der Waals surface area contributed by atoms with E-state index in [0.717, 1.165) is 11.7 Å². The van der Waals surface area contributed by atoms with E-state index in [2.05, 4.69) is 29.4 Å². The number of anilines is 1. The average Bonchev–Trinajstić information content (AvgIpc) is 2.87. The molecule has 1 heterocycles. The van der Waals surface area contributed by atoms with Crippen LogP contribution in [0.25, 0.3) is 0 Å². The van der Waals surface area contributed by atoms with E-state index in [4.69, 9.17) is 0 Å². The van der Waals surface area contributed by atoms with Gasteiger partial charge in [0.25, 0.3) is 0 Å². The second-order valence-electron chi connectivity index (χ2n) is 4.23. The molecule has 0 atom stereocenters. The minimum Gasteiger partial charge on any atom is -0.363 e. The molecule has 1 aromatic rings. The normalized spacial score (nSPS) is 17.1. The largest absolute Gasteiger partial charge is 0.363 e. The van der Waals surface area contributed by atoms with Gasteiger partial charge >= 0.3 is 0 Å². The SMILES string of the molecule is CC(C)(Nc1cccnn1)C1CC1. The predicted molar refractivity (Wildman–Crippen MR) is 52.5 cm³/mol. The molecule has 0 amide bonds. The zero-order chi connectivity index (χ0) is 9.31. The lowest BCUT2D eigenvalue weighted by Gasteiger charge is -2.26. The van der Waals surface area contributed by atoms with E-state index >= 15 is 0 Å². The third kappa shape index (κ3) is 1.97. The number of hydrogen-bond acceptors (Lipinski definition) is 3. The Morgan fingerprint density at radius 3 is 2.77 bits per heavy atom. The van der Waals surface area contributed by atoms with Crippen LogP contribution in [0, 0.1) is 5.92 Å². The Labute approximate surface area is 78.6 Å². The maximum Gasteiger partial charge on any atom is 0.149 e. The van der Waals surface area contributed by atoms with Gasteiger partial charge in [-0.15, -0.1) is 5.10 Å². The van der Waals surface area contributed by atoms with Crippen LogP contribution in [0.1, 0.15) is 26.7 Å². The first kappa shape index (κ1) is 8.48. The molecule has 0 radical (unpaired) electrons. The molecule has 1 N–H and O–H groups in total. The Morgan fingerprint density at radius 2 is 2.23 bits per heavy atom. The molecule has 13 heavy (non-hydrogen) atoms. The molecule has 1 saturated carbocycles. The van der Waals surface area contributed by atoms with E-state index < -0.39 is 0 Å². The quantitative estimate of drug-likeness (QED) is 0.768. The van der Waals surface area contributed by atoms with Crippen molar-refractivity contribution in [3.63, 3.8) is 0 Å². The van der Waals surface area contributed by atoms with E-state index in [9.17, 15) is 0 Å². The molecule has 0 saturated heterocycles. The third-order valence-electron chi connectivity index (χ3n) is 2.62. The van der Waals surface area contributed by atoms with Crippen LogP contribution in [0.4, 0.5) is 5.82 Å². The Morgan fingerprint density at radius 1 is 1.46 bits per heavy atom. The van der Waals surface area contributed by atoms with Crippen molar-refractivity contribution in [3.8, 4) is 0 Å². The lowest BCUT2D eigenvalue weighted by atomic mass is 9.99. The van der Waals surface area contributed by atoms with Gasteiger partial charge in [0.1, 0.15) is 5.82 Å². The molecule has 3 heteroatoms. The zero-order valence-electron chi connectivity index (χ0n) is 8.12. The first-order valence-corrected chi connectivity index (χ1v) is 4.74. The second-order valence-corrected chi connectivity index (χ2v) is 4.23. The van der Waals surface area contributed by atoms with Gasteiger partial charge in [0.15, 0.2) is 0 Å². The highest BCUT2D eigenvalue weighted by molar-refractivity contribution is 5.35. The summed E-state index contributed by atoms with van der Waals surface area (Å²) in [6, 6.07) is 3.86. The topological polar surface area (TPSA) is 37.8 Å². The Kier molecular flexibility index (Phi) is 1.94. The number of nitrogens with zero attached hydrogens (tertiary/aromatic N) is 2. The second kappa shape index (κ2) is 2.98. The Balaban J connectivity index is 2.04. The van der Waals surface area contributed by atoms with Crippen molar-refractivity contribution < 1.29 is 0 Å². The van der Waals surface area contributed by atoms with Crippen molar-refractivity contribution >= 4 is 5.82 Å². The summed E-state index contributed by atoms with van der Waals surface area (Å²) >= 11 is 0. The smallest absolute Gasteiger partial charge is 0.149 e. The van der Waals surface area contributed by atoms with Gasteiger partial charge in [0.05, 0.1) is 0 Å². The van der Waals surface area contributed by atoms with Crippen molar-refractivity contribution in [2.45, 2.75) is 32.2 Å². The van der Waals surface area contributed by atoms with Gasteiger partial charge in [-0.2, -0.15) is 5.10 Å². The van der Waals surface area contributed by atoms with Crippen LogP contribution in [-0.2, 0) is 0 Å². The molecule has 70 valence electrons. The molecule has 1 aliphatic rings. The van der Waals surface area contributed by atoms with Crippen molar-refractivity contribution in [1.82, 2.24) is 10.2 Å². The van der Waals surface area contributed by atoms with Crippen molar-refractivity contribution in [2.75, 3.05) is 5.32 Å². The van der Waals surface area contributed by atoms with Crippen molar-refractivity contribution in [1.29, 1.82) is 0 Å². The number of aromatic nitrogens is 2. The standard InChI is InChI=1S/C10H15N3/c1-10(2,8-5-6-8)12-9-4-3-7-11-13-9/h3-4,7-8H,5-6H2,1-2H3,(H,12,13). The minimum atomic E-state index is 0.163. The molecule has 0 spiro atoms. The van der Waals surface area contributed by atoms with Gasteiger partial charge in [-0.05, 0) is 44.7 Å². The highest BCUT2D eigenvalue weighted by Crippen LogP contribution is 2.40. The summed E-state index contributed by atoms with van der Waals surface area (Å²) in [5, 5.41) is 11.3. The first-order valence-electron chi connectivity index (χ1n) is 4.74. The van der Waals surface area contributed by atoms with Crippen LogP contribution in [0.3, 0.4) is 0 Å². The summed E-state index contributed by atoms with van der Waals surface area (Å²) in [6.45, 7) is 4.44. The third-order valence-corrected chi connectivity index (χ3v) is 2.62. The zero-order valence-corrected chi connectivity index (χ0v) is 8.12. The molecule has 1 fully saturated rings. The highest BCUT2D eigenvalue weighted by Gasteiger charge is 2.37. The minimum absolute atomic E-state index is 0.163. The molecule has 0 aromatic carbocycles. The van der Waals surface area contributed by atoms with E-state index in [1.165, 1.54) is 12.8 Å². The molecule has 0 unspecified atom stereocenters. The molecule has 2 rings (SSSR count). The number of rotatable bonds is 3. The molecular weight excluding hydrogens is 162 g/mol. The molecular formula is C10H15N3. The summed E-state index contributed by atoms with van der Waals surface area (Å²) < 4.78 is 0. The summed E-state index contributed by atoms with van der Waals surface area (Å²) in [4.78, 5) is 0. The molecule has 0 aliphatic heterocycles. The predicted octanol–water partition coefficient (Wildman–Crippen LogP) is 2.08. The molecule has 1 aromatic heterocycles. The monoisotopic (exact) mass is 177 g/mol. The maximum absolute atomic E-state index is 4.01. The first-order chi connectivity index (χ1) is 6.18. The van der Waals surface area contributed by atoms with Crippen LogP contribution < -0.4 is 5.32 Å². The number of hydrogen-bond donors (Lipinski definition) is 1. The van der Waals surface area contributed by atoms with Crippen LogP contribution in [0.15, 0.2) is 18.3 Å². The number of nitrogens with one attached hydrogen (secondary N) is 1. The van der Waals surface area contributed by atoms with Gasteiger partial charge in [0.2, 0.25) is 0 Å². The molecule has 0 bridgehead atoms. The summed E-state index contributed by atoms with van der Waals surface area (Å²) in [5.74, 6) is 1.67. The van der Waals surface area contributed by atoms with Gasteiger partial charge in [0, 0.05) is 11.7 Å². The van der Waals surface area contributed by atoms with Gasteiger partial charge in [-0.25, -0.2) is 0 Å². The molecule has 1 aliphatic carbocycles. The summed E-state index contributed by atoms with van der Waals surface area (Å²) in [5.41, 5.74) is 0.163. The lowest BCUT2D eigenvalue weighted by Crippen LogP contribution is -2.33. The van der Waals surface area contributed by atoms with Gasteiger partial charge in [-0.1, -0.05) is 0 Å². The summed E-state index contributed by atoms with van der Waals surface area (Å²) in [6.07, 6.45) is 4.36. The lowest BCUT2D eigenvalue weighted by molar-refractivity contribution is 0.492. The highest BCUT2D eigenvalue weighted by atomic mass is 15.2. The van der Waals surface area contributed by atoms with Crippen molar-refractivity contribution in [3.05, 3.63) is 18.3 Å². The van der Waals surface area contributed by atoms with Crippen LogP contribution in [0.5, 0.6) is 0 Å². The fraction of sp³-hybridized carbons (Fsp3) is 0.600. The van der Waals surface area contributed by atoms with Crippen LogP contribution in [-0.4, -0.2) is 15.7 Å². The molecule has 3 nitrogen and oxygen atoms in total. The maximum atomic E-state index is 4.01. The average molecular weight is 177 g/mol. The van der Waals surface area contributed by atoms with Crippen molar-refractivity contribution in [2.24, 2.45) is 5.92 Å². The van der Waals surface area contributed by atoms with E-state index in [1.54, 1.807) is 6.20 Å². The van der Waals surface area contributed by atoms with E-state index in [-0.39, 0.29) is 5.54 Å². The summed E-state index contributed by atoms with van der Waals surface area (Å²) in [7, 11) is 0. The van der Waals surface area contributed by atoms with Crippen LogP contribution in [0.2, 0.25) is 0 Å². The van der Waals surface area contributed by atoms with E-state index in [1.807, 2.05) is 12.1 Å². The fourth-order valence-corrected chi connectivity index (χ4v) is 1.61. The van der Waals surface area contributed by atoms with Gasteiger partial charge < -0.3 is 5.32 Å². The van der Waals surface area contributed by atoms with Gasteiger partial charge in [-0.3, -0.25) is 0 Å². The Hall–Kier alpha value is -1.12. The van der Waals surface area contributed by atoms with E-state index in [0.29, 0.717) is 0 Å².